The van der Waals surface area contributed by atoms with Crippen molar-refractivity contribution in [2.45, 2.75) is 19.9 Å². The lowest BCUT2D eigenvalue weighted by Gasteiger charge is -2.08. The molecule has 0 saturated carbocycles. The minimum atomic E-state index is -0.352. The van der Waals surface area contributed by atoms with E-state index in [2.05, 4.69) is 5.32 Å². The quantitative estimate of drug-likeness (QED) is 0.672. The Morgan fingerprint density at radius 2 is 1.92 bits per heavy atom. The Hall–Kier alpha value is -2.95. The molecule has 0 aliphatic carbocycles. The van der Waals surface area contributed by atoms with Gasteiger partial charge in [-0.05, 0) is 60.5 Å². The largest absolute Gasteiger partial charge is 0.343 e. The Kier molecular flexibility index (Phi) is 4.93. The van der Waals surface area contributed by atoms with E-state index < -0.39 is 0 Å². The zero-order chi connectivity index (χ0) is 17.8. The first-order valence-electron chi connectivity index (χ1n) is 8.04. The number of fused-ring (bicyclic) bond motifs is 1. The highest BCUT2D eigenvalue weighted by molar-refractivity contribution is 6.06. The number of carbonyl (C=O) groups excluding carboxylic acids is 1. The Morgan fingerprint density at radius 1 is 1.16 bits per heavy atom. The third-order valence-electron chi connectivity index (χ3n) is 4.12. The third kappa shape index (κ3) is 3.76. The first-order chi connectivity index (χ1) is 12.1. The van der Waals surface area contributed by atoms with E-state index in [0.717, 1.165) is 10.9 Å². The van der Waals surface area contributed by atoms with E-state index in [1.807, 2.05) is 29.8 Å². The van der Waals surface area contributed by atoms with E-state index >= 15 is 0 Å². The molecule has 3 rings (SSSR count). The fourth-order valence-electron chi connectivity index (χ4n) is 2.66. The van der Waals surface area contributed by atoms with E-state index in [4.69, 9.17) is 0 Å². The van der Waals surface area contributed by atoms with Gasteiger partial charge in [0.15, 0.2) is 0 Å². The molecule has 0 unspecified atom stereocenters. The van der Waals surface area contributed by atoms with E-state index in [0.29, 0.717) is 36.1 Å². The summed E-state index contributed by atoms with van der Waals surface area (Å²) in [5.74, 6) is -0.617. The van der Waals surface area contributed by atoms with Crippen LogP contribution in [0.1, 0.15) is 23.7 Å². The van der Waals surface area contributed by atoms with Crippen molar-refractivity contribution in [2.24, 2.45) is 0 Å². The van der Waals surface area contributed by atoms with Crippen LogP contribution in [0, 0.1) is 5.82 Å². The predicted molar refractivity (Wildman–Crippen MR) is 95.8 cm³/mol. The van der Waals surface area contributed by atoms with Crippen LogP contribution < -0.4 is 5.32 Å². The molecule has 2 aromatic carbocycles. The van der Waals surface area contributed by atoms with Crippen molar-refractivity contribution in [3.05, 3.63) is 78.0 Å². The zero-order valence-corrected chi connectivity index (χ0v) is 13.8. The van der Waals surface area contributed by atoms with Crippen LogP contribution in [0.2, 0.25) is 0 Å². The van der Waals surface area contributed by atoms with E-state index in [1.54, 1.807) is 12.1 Å². The van der Waals surface area contributed by atoms with Gasteiger partial charge < -0.3 is 9.88 Å². The number of anilines is 1. The molecular weight excluding hydrogens is 322 g/mol. The first-order valence-corrected chi connectivity index (χ1v) is 8.04. The zero-order valence-electron chi connectivity index (χ0n) is 13.8. The molecule has 0 fully saturated rings. The van der Waals surface area contributed by atoms with Gasteiger partial charge in [-0.2, -0.15) is 0 Å². The van der Waals surface area contributed by atoms with E-state index in [1.165, 1.54) is 24.3 Å². The minimum Gasteiger partial charge on any atom is -0.343 e. The van der Waals surface area contributed by atoms with Crippen LogP contribution in [0.25, 0.3) is 10.9 Å². The van der Waals surface area contributed by atoms with Gasteiger partial charge in [-0.1, -0.05) is 6.92 Å². The molecule has 25 heavy (non-hydrogen) atoms. The topological polar surface area (TPSA) is 34.0 Å². The molecule has 3 nitrogen and oxygen atoms in total. The summed E-state index contributed by atoms with van der Waals surface area (Å²) in [6.45, 7) is 2.40. The maximum Gasteiger partial charge on any atom is 0.255 e. The van der Waals surface area contributed by atoms with Gasteiger partial charge in [0.25, 0.3) is 5.91 Å². The fraction of sp³-hybridized carbons (Fsp3) is 0.150. The second kappa shape index (κ2) is 7.30. The van der Waals surface area contributed by atoms with Crippen molar-refractivity contribution in [3.8, 4) is 0 Å². The van der Waals surface area contributed by atoms with Crippen molar-refractivity contribution in [3.63, 3.8) is 0 Å². The first kappa shape index (κ1) is 16.9. The number of halogens is 2. The number of carbonyl (C=O) groups is 1. The van der Waals surface area contributed by atoms with Gasteiger partial charge in [-0.15, -0.1) is 0 Å². The van der Waals surface area contributed by atoms with Gasteiger partial charge in [0, 0.05) is 34.9 Å². The molecule has 3 aromatic rings. The fourth-order valence-corrected chi connectivity index (χ4v) is 2.66. The Morgan fingerprint density at radius 3 is 2.60 bits per heavy atom. The summed E-state index contributed by atoms with van der Waals surface area (Å²) < 4.78 is 27.7. The van der Waals surface area contributed by atoms with Gasteiger partial charge in [0.1, 0.15) is 5.82 Å². The van der Waals surface area contributed by atoms with Crippen LogP contribution in [0.4, 0.5) is 14.5 Å². The number of benzene rings is 2. The van der Waals surface area contributed by atoms with Gasteiger partial charge in [-0.3, -0.25) is 4.79 Å². The Balaban J connectivity index is 1.81. The van der Waals surface area contributed by atoms with Crippen LogP contribution in [0.5, 0.6) is 0 Å². The standard InChI is InChI=1S/C20H18F2N2O/c1-2-14(12-21)13-24-10-9-15-11-16(3-8-19(15)24)20(25)23-18-6-4-17(22)5-7-18/h3-12H,2,13H2,1H3,(H,23,25)/b14-12+. The molecule has 0 bridgehead atoms. The lowest BCUT2D eigenvalue weighted by molar-refractivity contribution is 0.102. The summed E-state index contributed by atoms with van der Waals surface area (Å²) in [5.41, 5.74) is 2.68. The summed E-state index contributed by atoms with van der Waals surface area (Å²) in [4.78, 5) is 12.3. The van der Waals surface area contributed by atoms with Crippen LogP contribution in [-0.2, 0) is 6.54 Å². The van der Waals surface area contributed by atoms with Crippen molar-refractivity contribution in [2.75, 3.05) is 5.32 Å². The average Bonchev–Trinajstić information content (AvgIpc) is 3.03. The van der Waals surface area contributed by atoms with E-state index in [9.17, 15) is 13.6 Å². The number of hydrogen-bond donors (Lipinski definition) is 1. The van der Waals surface area contributed by atoms with Crippen LogP contribution in [-0.4, -0.2) is 10.5 Å². The average molecular weight is 340 g/mol. The molecule has 0 atom stereocenters. The number of nitrogens with zero attached hydrogens (tertiary/aromatic N) is 1. The Labute approximate surface area is 144 Å². The van der Waals surface area contributed by atoms with Crippen LogP contribution in [0.15, 0.2) is 66.6 Å². The number of aromatic nitrogens is 1. The normalized spacial score (nSPS) is 11.7. The SMILES string of the molecule is CC/C(=C\F)Cn1ccc2cc(C(=O)Nc3ccc(F)cc3)ccc21. The number of allylic oxidation sites excluding steroid dienone is 1. The highest BCUT2D eigenvalue weighted by Crippen LogP contribution is 2.20. The predicted octanol–water partition coefficient (Wildman–Crippen LogP) is 5.30. The number of nitrogens with one attached hydrogen (secondary N) is 1. The molecule has 1 amide bonds. The molecule has 0 radical (unpaired) electrons. The van der Waals surface area contributed by atoms with Gasteiger partial charge in [0.2, 0.25) is 0 Å². The molecule has 1 aromatic heterocycles. The molecule has 0 aliphatic rings. The smallest absolute Gasteiger partial charge is 0.255 e. The molecule has 0 spiro atoms. The van der Waals surface area contributed by atoms with Gasteiger partial charge >= 0.3 is 0 Å². The number of amides is 1. The highest BCUT2D eigenvalue weighted by Gasteiger charge is 2.09. The van der Waals surface area contributed by atoms with Gasteiger partial charge in [-0.25, -0.2) is 8.78 Å². The van der Waals surface area contributed by atoms with Crippen molar-refractivity contribution < 1.29 is 13.6 Å². The summed E-state index contributed by atoms with van der Waals surface area (Å²) >= 11 is 0. The van der Waals surface area contributed by atoms with Crippen LogP contribution in [0.3, 0.4) is 0 Å². The Bertz CT molecular complexity index is 927. The number of hydrogen-bond acceptors (Lipinski definition) is 1. The molecule has 0 aliphatic heterocycles. The second-order valence-corrected chi connectivity index (χ2v) is 5.80. The molecule has 128 valence electrons. The minimum absolute atomic E-state index is 0.265. The summed E-state index contributed by atoms with van der Waals surface area (Å²) in [7, 11) is 0. The lowest BCUT2D eigenvalue weighted by Crippen LogP contribution is -2.11. The monoisotopic (exact) mass is 340 g/mol. The maximum absolute atomic E-state index is 12.9. The number of rotatable bonds is 5. The third-order valence-corrected chi connectivity index (χ3v) is 4.12. The van der Waals surface area contributed by atoms with Crippen molar-refractivity contribution in [1.29, 1.82) is 0 Å². The van der Waals surface area contributed by atoms with E-state index in [-0.39, 0.29) is 11.7 Å². The summed E-state index contributed by atoms with van der Waals surface area (Å²) in [6, 6.07) is 12.9. The van der Waals surface area contributed by atoms with Crippen molar-refractivity contribution >= 4 is 22.5 Å². The lowest BCUT2D eigenvalue weighted by atomic mass is 10.1. The second-order valence-electron chi connectivity index (χ2n) is 5.80. The van der Waals surface area contributed by atoms with Crippen molar-refractivity contribution in [1.82, 2.24) is 4.57 Å². The molecule has 5 heteroatoms. The molecular formula is C20H18F2N2O. The molecule has 1 N–H and O–H groups in total. The summed E-state index contributed by atoms with van der Waals surface area (Å²) in [5, 5.41) is 3.64. The molecule has 0 saturated heterocycles. The van der Waals surface area contributed by atoms with Crippen LogP contribution >= 0.6 is 0 Å². The summed E-state index contributed by atoms with van der Waals surface area (Å²) in [6.07, 6.45) is 3.18. The highest BCUT2D eigenvalue weighted by atomic mass is 19.1. The maximum atomic E-state index is 12.9. The molecule has 1 heterocycles. The van der Waals surface area contributed by atoms with Gasteiger partial charge in [0.05, 0.1) is 6.33 Å².